The molecule has 0 aromatic rings. The first-order valence-electron chi connectivity index (χ1n) is 6.08. The van der Waals surface area contributed by atoms with E-state index in [0.29, 0.717) is 24.3 Å². The van der Waals surface area contributed by atoms with E-state index in [-0.39, 0.29) is 0 Å². The fourth-order valence-electron chi connectivity index (χ4n) is 2.01. The smallest absolute Gasteiger partial charge is 0.222 e. The van der Waals surface area contributed by atoms with Gasteiger partial charge in [-0.05, 0) is 32.2 Å². The Morgan fingerprint density at radius 3 is 2.87 bits per heavy atom. The van der Waals surface area contributed by atoms with E-state index < -0.39 is 0 Å². The van der Waals surface area contributed by atoms with E-state index in [1.54, 1.807) is 0 Å². The fourth-order valence-corrected chi connectivity index (χ4v) is 2.01. The first-order valence-corrected chi connectivity index (χ1v) is 6.08. The van der Waals surface area contributed by atoms with Gasteiger partial charge >= 0.3 is 0 Å². The Morgan fingerprint density at radius 2 is 2.27 bits per heavy atom. The van der Waals surface area contributed by atoms with Gasteiger partial charge in [-0.3, -0.25) is 4.79 Å². The molecule has 0 bridgehead atoms. The summed E-state index contributed by atoms with van der Waals surface area (Å²) in [7, 11) is 1.98. The third kappa shape index (κ3) is 4.20. The predicted molar refractivity (Wildman–Crippen MR) is 62.7 cm³/mol. The number of likely N-dealkylation sites (tertiary alicyclic amines) is 1. The van der Waals surface area contributed by atoms with Crippen LogP contribution in [-0.4, -0.2) is 37.0 Å². The molecule has 1 atom stereocenters. The van der Waals surface area contributed by atoms with Crippen LogP contribution < -0.4 is 5.32 Å². The van der Waals surface area contributed by atoms with Crippen LogP contribution in [0.2, 0.25) is 0 Å². The highest BCUT2D eigenvalue weighted by Gasteiger charge is 2.21. The summed E-state index contributed by atoms with van der Waals surface area (Å²) in [4.78, 5) is 13.9. The minimum absolute atomic E-state index is 0.337. The van der Waals surface area contributed by atoms with Gasteiger partial charge in [0.2, 0.25) is 5.91 Å². The highest BCUT2D eigenvalue weighted by molar-refractivity contribution is 5.76. The maximum Gasteiger partial charge on any atom is 0.222 e. The molecule has 88 valence electrons. The summed E-state index contributed by atoms with van der Waals surface area (Å²) < 4.78 is 0. The molecule has 0 aromatic carbocycles. The topological polar surface area (TPSA) is 32.3 Å². The number of hydrogen-bond acceptors (Lipinski definition) is 2. The molecule has 1 rings (SSSR count). The van der Waals surface area contributed by atoms with Crippen molar-refractivity contribution in [2.24, 2.45) is 5.92 Å². The number of piperidine rings is 1. The maximum absolute atomic E-state index is 11.9. The molecule has 1 N–H and O–H groups in total. The Balaban J connectivity index is 2.32. The van der Waals surface area contributed by atoms with E-state index in [4.69, 9.17) is 0 Å². The molecule has 0 aliphatic carbocycles. The summed E-state index contributed by atoms with van der Waals surface area (Å²) in [5.41, 5.74) is 0. The lowest BCUT2D eigenvalue weighted by molar-refractivity contribution is -0.132. The van der Waals surface area contributed by atoms with Crippen LogP contribution in [0.1, 0.15) is 39.5 Å². The zero-order valence-electron chi connectivity index (χ0n) is 10.3. The van der Waals surface area contributed by atoms with Gasteiger partial charge in [-0.1, -0.05) is 13.8 Å². The van der Waals surface area contributed by atoms with Crippen molar-refractivity contribution in [3.05, 3.63) is 0 Å². The third-order valence-corrected chi connectivity index (χ3v) is 3.12. The zero-order valence-corrected chi connectivity index (χ0v) is 10.3. The van der Waals surface area contributed by atoms with Crippen LogP contribution in [-0.2, 0) is 4.79 Å². The SMILES string of the molecule is CNC1CCCN(C(=O)CCC(C)C)C1. The lowest BCUT2D eigenvalue weighted by Crippen LogP contribution is -2.46. The number of nitrogens with one attached hydrogen (secondary N) is 1. The minimum Gasteiger partial charge on any atom is -0.341 e. The molecule has 1 fully saturated rings. The molecule has 0 saturated carbocycles. The summed E-state index contributed by atoms with van der Waals surface area (Å²) in [6.07, 6.45) is 4.07. The van der Waals surface area contributed by atoms with Crippen molar-refractivity contribution in [1.29, 1.82) is 0 Å². The van der Waals surface area contributed by atoms with Gasteiger partial charge in [0.05, 0.1) is 0 Å². The number of carbonyl (C=O) groups is 1. The average Bonchev–Trinajstić information content (AvgIpc) is 2.26. The Hall–Kier alpha value is -0.570. The van der Waals surface area contributed by atoms with Crippen LogP contribution >= 0.6 is 0 Å². The summed E-state index contributed by atoms with van der Waals surface area (Å²) in [6, 6.07) is 0.502. The van der Waals surface area contributed by atoms with Gasteiger partial charge in [-0.15, -0.1) is 0 Å². The third-order valence-electron chi connectivity index (χ3n) is 3.12. The molecule has 1 saturated heterocycles. The van der Waals surface area contributed by atoms with E-state index >= 15 is 0 Å². The number of amides is 1. The highest BCUT2D eigenvalue weighted by Crippen LogP contribution is 2.13. The summed E-state index contributed by atoms with van der Waals surface area (Å²) in [6.45, 7) is 6.18. The Kier molecular flexibility index (Phi) is 5.09. The molecule has 3 heteroatoms. The van der Waals surface area contributed by atoms with Crippen molar-refractivity contribution in [2.75, 3.05) is 20.1 Å². The molecule has 0 spiro atoms. The van der Waals surface area contributed by atoms with Crippen LogP contribution in [0.25, 0.3) is 0 Å². The molecule has 1 aliphatic rings. The van der Waals surface area contributed by atoms with Crippen molar-refractivity contribution in [1.82, 2.24) is 10.2 Å². The maximum atomic E-state index is 11.9. The van der Waals surface area contributed by atoms with Gasteiger partial charge < -0.3 is 10.2 Å². The van der Waals surface area contributed by atoms with Crippen LogP contribution in [0.3, 0.4) is 0 Å². The largest absolute Gasteiger partial charge is 0.341 e. The normalized spacial score (nSPS) is 22.1. The Bertz CT molecular complexity index is 204. The first kappa shape index (κ1) is 12.5. The standard InChI is InChI=1S/C12H24N2O/c1-10(2)6-7-12(15)14-8-4-5-11(9-14)13-3/h10-11,13H,4-9H2,1-3H3. The lowest BCUT2D eigenvalue weighted by Gasteiger charge is -2.32. The highest BCUT2D eigenvalue weighted by atomic mass is 16.2. The van der Waals surface area contributed by atoms with Crippen molar-refractivity contribution < 1.29 is 4.79 Å². The van der Waals surface area contributed by atoms with Gasteiger partial charge in [0.25, 0.3) is 0 Å². The minimum atomic E-state index is 0.337. The van der Waals surface area contributed by atoms with Crippen LogP contribution in [0.5, 0.6) is 0 Å². The molecular weight excluding hydrogens is 188 g/mol. The molecule has 1 heterocycles. The van der Waals surface area contributed by atoms with Gasteiger partial charge in [0.15, 0.2) is 0 Å². The van der Waals surface area contributed by atoms with Crippen LogP contribution in [0, 0.1) is 5.92 Å². The quantitative estimate of drug-likeness (QED) is 0.768. The molecule has 15 heavy (non-hydrogen) atoms. The average molecular weight is 212 g/mol. The van der Waals surface area contributed by atoms with Crippen molar-refractivity contribution in [3.63, 3.8) is 0 Å². The van der Waals surface area contributed by atoms with Gasteiger partial charge in [0.1, 0.15) is 0 Å². The monoisotopic (exact) mass is 212 g/mol. The van der Waals surface area contributed by atoms with Gasteiger partial charge in [-0.2, -0.15) is 0 Å². The van der Waals surface area contributed by atoms with Crippen molar-refractivity contribution in [3.8, 4) is 0 Å². The lowest BCUT2D eigenvalue weighted by atomic mass is 10.0. The second-order valence-corrected chi connectivity index (χ2v) is 4.90. The molecule has 1 unspecified atom stereocenters. The van der Waals surface area contributed by atoms with Crippen molar-refractivity contribution in [2.45, 2.75) is 45.6 Å². The second kappa shape index (κ2) is 6.11. The summed E-state index contributed by atoms with van der Waals surface area (Å²) in [5, 5.41) is 3.26. The number of rotatable bonds is 4. The fraction of sp³-hybridized carbons (Fsp3) is 0.917. The van der Waals surface area contributed by atoms with E-state index in [1.165, 1.54) is 6.42 Å². The number of nitrogens with zero attached hydrogens (tertiary/aromatic N) is 1. The van der Waals surface area contributed by atoms with E-state index in [0.717, 1.165) is 25.9 Å². The summed E-state index contributed by atoms with van der Waals surface area (Å²) in [5.74, 6) is 0.961. The Morgan fingerprint density at radius 1 is 1.53 bits per heavy atom. The summed E-state index contributed by atoms with van der Waals surface area (Å²) >= 11 is 0. The molecular formula is C12H24N2O. The predicted octanol–water partition coefficient (Wildman–Crippen LogP) is 1.63. The van der Waals surface area contributed by atoms with E-state index in [9.17, 15) is 4.79 Å². The Labute approximate surface area is 93.2 Å². The molecule has 1 aliphatic heterocycles. The number of carbonyl (C=O) groups excluding carboxylic acids is 1. The van der Waals surface area contributed by atoms with E-state index in [2.05, 4.69) is 19.2 Å². The molecule has 0 radical (unpaired) electrons. The van der Waals surface area contributed by atoms with Crippen molar-refractivity contribution >= 4 is 5.91 Å². The second-order valence-electron chi connectivity index (χ2n) is 4.90. The van der Waals surface area contributed by atoms with Gasteiger partial charge in [-0.25, -0.2) is 0 Å². The number of hydrogen-bond donors (Lipinski definition) is 1. The van der Waals surface area contributed by atoms with E-state index in [1.807, 2.05) is 11.9 Å². The zero-order chi connectivity index (χ0) is 11.3. The first-order chi connectivity index (χ1) is 7.13. The molecule has 3 nitrogen and oxygen atoms in total. The van der Waals surface area contributed by atoms with Crippen LogP contribution in [0.4, 0.5) is 0 Å². The molecule has 0 aromatic heterocycles. The van der Waals surface area contributed by atoms with Gasteiger partial charge in [0, 0.05) is 25.6 Å². The van der Waals surface area contributed by atoms with Crippen LogP contribution in [0.15, 0.2) is 0 Å². The molecule has 1 amide bonds. The number of likely N-dealkylation sites (N-methyl/N-ethyl adjacent to an activating group) is 1.